The minimum absolute atomic E-state index is 0.0831. The van der Waals surface area contributed by atoms with Gasteiger partial charge in [0, 0.05) is 26.2 Å². The smallest absolute Gasteiger partial charge is 0.406 e. The maximum Gasteiger partial charge on any atom is 0.573 e. The molecule has 0 aromatic heterocycles. The summed E-state index contributed by atoms with van der Waals surface area (Å²) in [7, 11) is -3.27. The molecule has 2 amide bonds. The maximum absolute atomic E-state index is 13.7. The van der Waals surface area contributed by atoms with Crippen molar-refractivity contribution in [3.63, 3.8) is 0 Å². The number of rotatable bonds is 9. The Morgan fingerprint density at radius 2 is 2.03 bits per heavy atom. The van der Waals surface area contributed by atoms with E-state index in [0.29, 0.717) is 50.1 Å². The van der Waals surface area contributed by atoms with Gasteiger partial charge in [-0.1, -0.05) is 25.1 Å². The first-order chi connectivity index (χ1) is 18.3. The number of β-amino-alcohol motifs (C(OH)–C–C–N with tert-alkyl or cyclic N) is 1. The number of hydrogen-bond acceptors (Lipinski definition) is 7. The monoisotopic (exact) mass is 571 g/mol. The number of amides is 2. The minimum atomic E-state index is -4.86. The number of halogens is 3. The van der Waals surface area contributed by atoms with Crippen molar-refractivity contribution in [1.29, 1.82) is 0 Å². The van der Waals surface area contributed by atoms with Crippen LogP contribution in [0.25, 0.3) is 0 Å². The number of nitrogens with one attached hydrogen (secondary N) is 1. The number of carbonyl (C=O) groups excluding carboxylic acids is 2. The maximum atomic E-state index is 13.7. The Morgan fingerprint density at radius 3 is 2.69 bits per heavy atom. The number of likely N-dealkylation sites (tertiary alicyclic amines) is 1. The van der Waals surface area contributed by atoms with E-state index in [1.165, 1.54) is 30.3 Å². The summed E-state index contributed by atoms with van der Waals surface area (Å²) in [5.41, 5.74) is 1.23. The summed E-state index contributed by atoms with van der Waals surface area (Å²) >= 11 is 0. The summed E-state index contributed by atoms with van der Waals surface area (Å²) in [5.74, 6) is -1.64. The van der Waals surface area contributed by atoms with E-state index in [1.54, 1.807) is 17.0 Å². The molecule has 214 valence electrons. The Balaban J connectivity index is 1.63. The SMILES string of the molecule is CCCN(C(=O)Cc1ccc2c(c1)NC(=O)CS2(O)O)[C@H](CN1CC[C@H](O)C1)c1cccc(OC(F)(F)F)c1. The molecule has 2 atom stereocenters. The minimum Gasteiger partial charge on any atom is -0.406 e. The Kier molecular flexibility index (Phi) is 8.76. The normalized spacial score (nSPS) is 20.6. The highest BCUT2D eigenvalue weighted by molar-refractivity contribution is 8.25. The van der Waals surface area contributed by atoms with E-state index in [2.05, 4.69) is 10.1 Å². The number of alkyl halides is 3. The largest absolute Gasteiger partial charge is 0.573 e. The van der Waals surface area contributed by atoms with E-state index in [9.17, 15) is 37.0 Å². The van der Waals surface area contributed by atoms with Gasteiger partial charge in [0.15, 0.2) is 0 Å². The van der Waals surface area contributed by atoms with Crippen LogP contribution in [0.15, 0.2) is 47.4 Å². The van der Waals surface area contributed by atoms with Crippen molar-refractivity contribution in [2.75, 3.05) is 37.2 Å². The van der Waals surface area contributed by atoms with Gasteiger partial charge in [0.25, 0.3) is 0 Å². The molecule has 4 rings (SSSR count). The van der Waals surface area contributed by atoms with Crippen LogP contribution in [0.3, 0.4) is 0 Å². The Bertz CT molecular complexity index is 1210. The van der Waals surface area contributed by atoms with Gasteiger partial charge in [-0.25, -0.2) is 0 Å². The average Bonchev–Trinajstić information content (AvgIpc) is 3.24. The number of nitrogens with zero attached hydrogens (tertiary/aromatic N) is 2. The predicted octanol–water partition coefficient (Wildman–Crippen LogP) is 4.24. The second kappa shape index (κ2) is 11.7. The van der Waals surface area contributed by atoms with Gasteiger partial charge in [-0.3, -0.25) is 23.6 Å². The molecular formula is C26H32F3N3O6S. The van der Waals surface area contributed by atoms with Crippen molar-refractivity contribution in [3.8, 4) is 5.75 Å². The number of aliphatic hydroxyl groups is 1. The molecule has 0 spiro atoms. The zero-order valence-electron chi connectivity index (χ0n) is 21.4. The highest BCUT2D eigenvalue weighted by Gasteiger charge is 2.34. The van der Waals surface area contributed by atoms with E-state index < -0.39 is 40.8 Å². The fourth-order valence-electron chi connectivity index (χ4n) is 5.01. The Labute approximate surface area is 225 Å². The first kappa shape index (κ1) is 29.2. The molecular weight excluding hydrogens is 539 g/mol. The zero-order valence-corrected chi connectivity index (χ0v) is 22.2. The van der Waals surface area contributed by atoms with Crippen molar-refractivity contribution in [1.82, 2.24) is 9.80 Å². The summed E-state index contributed by atoms with van der Waals surface area (Å²) in [5, 5.41) is 12.6. The van der Waals surface area contributed by atoms with Crippen LogP contribution in [0.5, 0.6) is 5.75 Å². The van der Waals surface area contributed by atoms with E-state index in [0.717, 1.165) is 0 Å². The summed E-state index contributed by atoms with van der Waals surface area (Å²) < 4.78 is 63.4. The number of aliphatic hydroxyl groups excluding tert-OH is 1. The lowest BCUT2D eigenvalue weighted by molar-refractivity contribution is -0.274. The quantitative estimate of drug-likeness (QED) is 0.355. The van der Waals surface area contributed by atoms with Gasteiger partial charge in [0.05, 0.1) is 29.1 Å². The molecule has 2 aliphatic heterocycles. The number of anilines is 1. The van der Waals surface area contributed by atoms with E-state index in [1.807, 2.05) is 11.8 Å². The van der Waals surface area contributed by atoms with Gasteiger partial charge in [-0.2, -0.15) is 10.6 Å². The summed E-state index contributed by atoms with van der Waals surface area (Å²) in [6.07, 6.45) is -4.31. The first-order valence-corrected chi connectivity index (χ1v) is 14.3. The van der Waals surface area contributed by atoms with Crippen LogP contribution in [0.4, 0.5) is 18.9 Å². The van der Waals surface area contributed by atoms with Gasteiger partial charge in [-0.15, -0.1) is 13.2 Å². The molecule has 0 bridgehead atoms. The molecule has 0 saturated carbocycles. The lowest BCUT2D eigenvalue weighted by Gasteiger charge is -2.37. The van der Waals surface area contributed by atoms with Crippen LogP contribution < -0.4 is 10.1 Å². The summed E-state index contributed by atoms with van der Waals surface area (Å²) in [6, 6.07) is 9.56. The Hall–Kier alpha value is -2.84. The van der Waals surface area contributed by atoms with Crippen molar-refractivity contribution in [2.45, 2.75) is 49.6 Å². The average molecular weight is 572 g/mol. The highest BCUT2D eigenvalue weighted by Crippen LogP contribution is 2.53. The van der Waals surface area contributed by atoms with E-state index >= 15 is 0 Å². The molecule has 4 N–H and O–H groups in total. The molecule has 0 unspecified atom stereocenters. The molecule has 2 heterocycles. The zero-order chi connectivity index (χ0) is 28.4. The van der Waals surface area contributed by atoms with Crippen molar-refractivity contribution >= 4 is 28.1 Å². The molecule has 2 aromatic carbocycles. The van der Waals surface area contributed by atoms with Gasteiger partial charge in [0.1, 0.15) is 11.5 Å². The summed E-state index contributed by atoms with van der Waals surface area (Å²) in [4.78, 5) is 29.4. The number of benzene rings is 2. The molecule has 0 aliphatic carbocycles. The third-order valence-corrected chi connectivity index (χ3v) is 8.40. The molecule has 9 nitrogen and oxygen atoms in total. The topological polar surface area (TPSA) is 123 Å². The first-order valence-electron chi connectivity index (χ1n) is 12.6. The predicted molar refractivity (Wildman–Crippen MR) is 140 cm³/mol. The lowest BCUT2D eigenvalue weighted by Crippen LogP contribution is -2.42. The van der Waals surface area contributed by atoms with Crippen LogP contribution in [0, 0.1) is 0 Å². The molecule has 2 aromatic rings. The number of ether oxygens (including phenoxy) is 1. The molecule has 1 saturated heterocycles. The molecule has 13 heteroatoms. The van der Waals surface area contributed by atoms with Crippen LogP contribution in [0.2, 0.25) is 0 Å². The van der Waals surface area contributed by atoms with Crippen molar-refractivity contribution in [3.05, 3.63) is 53.6 Å². The molecule has 2 aliphatic rings. The van der Waals surface area contributed by atoms with Crippen molar-refractivity contribution < 1.29 is 41.7 Å². The van der Waals surface area contributed by atoms with Crippen LogP contribution in [0.1, 0.15) is 36.9 Å². The third-order valence-electron chi connectivity index (χ3n) is 6.67. The van der Waals surface area contributed by atoms with E-state index in [-0.39, 0.29) is 28.7 Å². The number of hydrogen-bond donors (Lipinski definition) is 4. The van der Waals surface area contributed by atoms with Gasteiger partial charge in [0.2, 0.25) is 11.8 Å². The van der Waals surface area contributed by atoms with Crippen LogP contribution in [-0.4, -0.2) is 80.2 Å². The molecule has 1 fully saturated rings. The second-order valence-corrected chi connectivity index (χ2v) is 11.9. The second-order valence-electron chi connectivity index (χ2n) is 9.79. The summed E-state index contributed by atoms with van der Waals surface area (Å²) in [6.45, 7) is 3.49. The fourth-order valence-corrected chi connectivity index (χ4v) is 6.35. The molecule has 39 heavy (non-hydrogen) atoms. The van der Waals surface area contributed by atoms with Crippen LogP contribution in [-0.2, 0) is 16.0 Å². The van der Waals surface area contributed by atoms with Crippen molar-refractivity contribution in [2.24, 2.45) is 0 Å². The standard InChI is InChI=1S/C26H32F3N3O6S/c1-2-9-32(25(35)12-17-6-7-23-21(11-17)30-24(34)16-39(23,36)37)22(15-31-10-8-19(33)14-31)18-4-3-5-20(13-18)38-26(27,28)29/h3-7,11,13,19,22,33,36-37H,2,8-10,12,14-16H2,1H3,(H,30,34)/t19-,22+/m0/s1. The van der Waals surface area contributed by atoms with Gasteiger partial charge < -0.3 is 20.1 Å². The van der Waals surface area contributed by atoms with Gasteiger partial charge in [-0.05, 0) is 48.2 Å². The fraction of sp³-hybridized carbons (Fsp3) is 0.462. The molecule has 0 radical (unpaired) electrons. The number of carbonyl (C=O) groups is 2. The Morgan fingerprint density at radius 1 is 1.26 bits per heavy atom. The van der Waals surface area contributed by atoms with E-state index in [4.69, 9.17) is 0 Å². The van der Waals surface area contributed by atoms with Crippen LogP contribution >= 0.6 is 10.6 Å². The number of fused-ring (bicyclic) bond motifs is 1. The highest BCUT2D eigenvalue weighted by atomic mass is 32.3. The lowest BCUT2D eigenvalue weighted by atomic mass is 10.0. The third kappa shape index (κ3) is 7.42. The van der Waals surface area contributed by atoms with Gasteiger partial charge >= 0.3 is 6.36 Å².